The average molecular weight is 462 g/mol. The van der Waals surface area contributed by atoms with Gasteiger partial charge in [0.05, 0.1) is 0 Å². The van der Waals surface area contributed by atoms with Gasteiger partial charge in [0, 0.05) is 17.7 Å². The topological polar surface area (TPSA) is 207 Å². The average Bonchev–Trinajstić information content (AvgIpc) is 2.77. The summed E-state index contributed by atoms with van der Waals surface area (Å²) in [6, 6.07) is 7.74. The number of phenolic OH excluding ortho intramolecular Hbond substituents is 3. The summed E-state index contributed by atoms with van der Waals surface area (Å²) in [4.78, 5) is 23.8. The molecule has 3 aromatic rings. The second-order valence-electron chi connectivity index (χ2n) is 7.32. The minimum Gasteiger partial charge on any atom is -0.508 e. The molecule has 1 aromatic heterocycles. The molecule has 1 saturated heterocycles. The summed E-state index contributed by atoms with van der Waals surface area (Å²) in [5.74, 6) is -4.01. The minimum atomic E-state index is -1.96. The van der Waals surface area contributed by atoms with Crippen LogP contribution in [0.4, 0.5) is 0 Å². The number of fused-ring (bicyclic) bond motifs is 1. The molecule has 174 valence electrons. The Hall–Kier alpha value is -3.84. The van der Waals surface area contributed by atoms with Gasteiger partial charge in [0.25, 0.3) is 0 Å². The molecule has 0 spiro atoms. The van der Waals surface area contributed by atoms with Crippen molar-refractivity contribution in [1.29, 1.82) is 0 Å². The van der Waals surface area contributed by atoms with E-state index in [0.29, 0.717) is 5.56 Å². The maximum absolute atomic E-state index is 12.6. The Balaban J connectivity index is 1.76. The molecule has 1 fully saturated rings. The number of rotatable bonds is 4. The van der Waals surface area contributed by atoms with Gasteiger partial charge in [-0.2, -0.15) is 0 Å². The SMILES string of the molecule is O=C(O)[C@@H]1O[C@H](Oc2cc3oc(-c4ccc(O)cc4)cc(=O)c3c(O)c2O)[C@H](O)[C@@H](O)[C@@H]1O. The normalized spacial score (nSPS) is 25.1. The van der Waals surface area contributed by atoms with Crippen molar-refractivity contribution in [3.8, 4) is 34.3 Å². The van der Waals surface area contributed by atoms with E-state index in [1.165, 1.54) is 24.3 Å². The lowest BCUT2D eigenvalue weighted by molar-refractivity contribution is -0.271. The van der Waals surface area contributed by atoms with Gasteiger partial charge in [0.1, 0.15) is 40.8 Å². The largest absolute Gasteiger partial charge is 0.508 e. The van der Waals surface area contributed by atoms with Crippen LogP contribution in [0.5, 0.6) is 23.0 Å². The molecule has 33 heavy (non-hydrogen) atoms. The van der Waals surface area contributed by atoms with Gasteiger partial charge in [0.2, 0.25) is 12.0 Å². The fraction of sp³-hybridized carbons (Fsp3) is 0.238. The molecular weight excluding hydrogens is 444 g/mol. The van der Waals surface area contributed by atoms with E-state index in [9.17, 15) is 40.2 Å². The molecule has 0 unspecified atom stereocenters. The molecule has 0 saturated carbocycles. The van der Waals surface area contributed by atoms with E-state index in [0.717, 1.165) is 12.1 Å². The molecule has 0 aliphatic carbocycles. The Kier molecular flexibility index (Phi) is 5.59. The van der Waals surface area contributed by atoms with E-state index < -0.39 is 59.4 Å². The monoisotopic (exact) mass is 462 g/mol. The lowest BCUT2D eigenvalue weighted by Crippen LogP contribution is -2.61. The summed E-state index contributed by atoms with van der Waals surface area (Å²) < 4.78 is 15.9. The molecule has 1 aliphatic heterocycles. The van der Waals surface area contributed by atoms with Gasteiger partial charge in [-0.05, 0) is 24.3 Å². The Morgan fingerprint density at radius 3 is 2.21 bits per heavy atom. The zero-order valence-electron chi connectivity index (χ0n) is 16.5. The zero-order valence-corrected chi connectivity index (χ0v) is 16.5. The predicted molar refractivity (Wildman–Crippen MR) is 108 cm³/mol. The Morgan fingerprint density at radius 1 is 0.909 bits per heavy atom. The van der Waals surface area contributed by atoms with Crippen LogP contribution in [0.15, 0.2) is 45.6 Å². The van der Waals surface area contributed by atoms with Crippen LogP contribution < -0.4 is 10.2 Å². The minimum absolute atomic E-state index is 0.0156. The molecule has 5 atom stereocenters. The number of aliphatic hydroxyl groups excluding tert-OH is 3. The van der Waals surface area contributed by atoms with Crippen molar-refractivity contribution in [2.45, 2.75) is 30.7 Å². The van der Waals surface area contributed by atoms with Crippen molar-refractivity contribution in [3.63, 3.8) is 0 Å². The number of aliphatic carboxylic acids is 1. The van der Waals surface area contributed by atoms with Crippen molar-refractivity contribution in [1.82, 2.24) is 0 Å². The third-order valence-corrected chi connectivity index (χ3v) is 5.14. The summed E-state index contributed by atoms with van der Waals surface area (Å²) in [5.41, 5.74) is -0.539. The summed E-state index contributed by atoms with van der Waals surface area (Å²) in [7, 11) is 0. The van der Waals surface area contributed by atoms with Crippen LogP contribution in [0.1, 0.15) is 0 Å². The maximum atomic E-state index is 12.6. The number of ether oxygens (including phenoxy) is 2. The highest BCUT2D eigenvalue weighted by molar-refractivity contribution is 5.89. The van der Waals surface area contributed by atoms with Crippen molar-refractivity contribution < 1.29 is 54.4 Å². The van der Waals surface area contributed by atoms with Crippen LogP contribution >= 0.6 is 0 Å². The lowest BCUT2D eigenvalue weighted by Gasteiger charge is -2.38. The van der Waals surface area contributed by atoms with Gasteiger partial charge < -0.3 is 49.6 Å². The van der Waals surface area contributed by atoms with E-state index in [1.807, 2.05) is 0 Å². The first kappa shape index (κ1) is 22.4. The Morgan fingerprint density at radius 2 is 1.58 bits per heavy atom. The molecule has 0 radical (unpaired) electrons. The van der Waals surface area contributed by atoms with Crippen LogP contribution in [-0.2, 0) is 9.53 Å². The molecule has 0 bridgehead atoms. The molecule has 12 heteroatoms. The molecule has 2 heterocycles. The second kappa shape index (κ2) is 8.26. The van der Waals surface area contributed by atoms with Crippen molar-refractivity contribution in [2.24, 2.45) is 0 Å². The Bertz CT molecular complexity index is 1260. The highest BCUT2D eigenvalue weighted by atomic mass is 16.7. The maximum Gasteiger partial charge on any atom is 0.335 e. The number of phenols is 3. The summed E-state index contributed by atoms with van der Waals surface area (Å²) >= 11 is 0. The highest BCUT2D eigenvalue weighted by Gasteiger charge is 2.48. The van der Waals surface area contributed by atoms with Gasteiger partial charge in [0.15, 0.2) is 23.0 Å². The molecule has 4 rings (SSSR count). The molecule has 2 aromatic carbocycles. The number of carbonyl (C=O) groups is 1. The quantitative estimate of drug-likeness (QED) is 0.253. The molecule has 1 aliphatic rings. The van der Waals surface area contributed by atoms with E-state index >= 15 is 0 Å². The first-order chi connectivity index (χ1) is 15.6. The first-order valence-electron chi connectivity index (χ1n) is 9.49. The first-order valence-corrected chi connectivity index (χ1v) is 9.49. The molecule has 12 nitrogen and oxygen atoms in total. The van der Waals surface area contributed by atoms with E-state index in [4.69, 9.17) is 19.0 Å². The standard InChI is InChI=1S/C21H18O12/c22-8-3-1-7(2-4-8)10-5-9(23)13-11(31-10)6-12(14(24)15(13)25)32-21-18(28)16(26)17(27)19(33-21)20(29)30/h1-6,16-19,21-22,24-28H,(H,29,30)/t16-,17-,18+,19+,21-/m0/s1. The van der Waals surface area contributed by atoms with E-state index in [2.05, 4.69) is 0 Å². The summed E-state index contributed by atoms with van der Waals surface area (Å²) in [5, 5.41) is 68.6. The van der Waals surface area contributed by atoms with Crippen molar-refractivity contribution >= 4 is 16.9 Å². The van der Waals surface area contributed by atoms with Gasteiger partial charge in [-0.1, -0.05) is 0 Å². The third-order valence-electron chi connectivity index (χ3n) is 5.14. The molecular formula is C21H18O12. The number of aromatic hydroxyl groups is 3. The van der Waals surface area contributed by atoms with Gasteiger partial charge >= 0.3 is 5.97 Å². The van der Waals surface area contributed by atoms with Crippen LogP contribution in [0.25, 0.3) is 22.3 Å². The summed E-state index contributed by atoms with van der Waals surface area (Å²) in [6.07, 6.45) is -9.67. The second-order valence-corrected chi connectivity index (χ2v) is 7.32. The van der Waals surface area contributed by atoms with Gasteiger partial charge in [-0.15, -0.1) is 0 Å². The van der Waals surface area contributed by atoms with Crippen molar-refractivity contribution in [3.05, 3.63) is 46.6 Å². The molecule has 0 amide bonds. The van der Waals surface area contributed by atoms with Crippen LogP contribution in [-0.4, -0.2) is 72.4 Å². The Labute approximate surface area is 183 Å². The molecule has 7 N–H and O–H groups in total. The number of carboxylic acids is 1. The predicted octanol–water partition coefficient (Wildman–Crippen LogP) is -0.152. The van der Waals surface area contributed by atoms with Crippen LogP contribution in [0, 0.1) is 0 Å². The number of benzene rings is 2. The fourth-order valence-corrected chi connectivity index (χ4v) is 3.40. The highest BCUT2D eigenvalue weighted by Crippen LogP contribution is 2.42. The van der Waals surface area contributed by atoms with Crippen molar-refractivity contribution in [2.75, 3.05) is 0 Å². The number of hydrogen-bond donors (Lipinski definition) is 7. The van der Waals surface area contributed by atoms with Gasteiger partial charge in [-0.3, -0.25) is 4.79 Å². The number of aliphatic hydroxyl groups is 3. The fourth-order valence-electron chi connectivity index (χ4n) is 3.40. The van der Waals surface area contributed by atoms with E-state index in [-0.39, 0.29) is 22.5 Å². The third kappa shape index (κ3) is 3.91. The summed E-state index contributed by atoms with van der Waals surface area (Å²) in [6.45, 7) is 0. The van der Waals surface area contributed by atoms with Gasteiger partial charge in [-0.25, -0.2) is 4.79 Å². The van der Waals surface area contributed by atoms with Crippen LogP contribution in [0.2, 0.25) is 0 Å². The smallest absolute Gasteiger partial charge is 0.335 e. The lowest BCUT2D eigenvalue weighted by atomic mass is 9.99. The van der Waals surface area contributed by atoms with E-state index in [1.54, 1.807) is 0 Å². The number of carboxylic acid groups (broad SMARTS) is 1. The van der Waals surface area contributed by atoms with Crippen LogP contribution in [0.3, 0.4) is 0 Å². The number of hydrogen-bond acceptors (Lipinski definition) is 11. The zero-order chi connectivity index (χ0) is 24.0.